The third-order valence-corrected chi connectivity index (χ3v) is 6.86. The number of methoxy groups -OCH3 is 2. The minimum absolute atomic E-state index is 0.0580. The molecule has 198 valence electrons. The Morgan fingerprint density at radius 1 is 1.08 bits per heavy atom. The fraction of sp³-hybridized carbons (Fsp3) is 0.357. The molecular formula is C28H31N5O5. The summed E-state index contributed by atoms with van der Waals surface area (Å²) in [7, 11) is 3.06. The molecule has 4 aromatic rings. The summed E-state index contributed by atoms with van der Waals surface area (Å²) in [6.07, 6.45) is 3.94. The van der Waals surface area contributed by atoms with E-state index in [1.54, 1.807) is 44.4 Å². The molecule has 2 heterocycles. The van der Waals surface area contributed by atoms with Crippen LogP contribution in [0.2, 0.25) is 0 Å². The number of nitrogens with zero attached hydrogens (tertiary/aromatic N) is 4. The van der Waals surface area contributed by atoms with Gasteiger partial charge in [-0.2, -0.15) is 0 Å². The average Bonchev–Trinajstić information content (AvgIpc) is 3.69. The number of nitrogens with one attached hydrogen (secondary N) is 1. The summed E-state index contributed by atoms with van der Waals surface area (Å²) in [5, 5.41) is 11.5. The van der Waals surface area contributed by atoms with Gasteiger partial charge in [-0.1, -0.05) is 30.2 Å². The SMILES string of the molecule is COc1ccc(N(C(=O)Cn2nnc3ccccc32)C(C(=O)NC2CCCC2)c2ccc(C)o2)cc1OC. The summed E-state index contributed by atoms with van der Waals surface area (Å²) in [5.74, 6) is 1.27. The highest BCUT2D eigenvalue weighted by Crippen LogP contribution is 2.36. The molecule has 0 aliphatic heterocycles. The minimum atomic E-state index is -1.05. The van der Waals surface area contributed by atoms with E-state index in [1.165, 1.54) is 16.7 Å². The zero-order valence-corrected chi connectivity index (χ0v) is 21.7. The summed E-state index contributed by atoms with van der Waals surface area (Å²) in [6.45, 7) is 1.67. The summed E-state index contributed by atoms with van der Waals surface area (Å²) in [6, 6.07) is 15.1. The number of ether oxygens (including phenoxy) is 2. The van der Waals surface area contributed by atoms with Gasteiger partial charge in [0.1, 0.15) is 23.6 Å². The molecule has 1 unspecified atom stereocenters. The number of aromatic nitrogens is 3. The molecular weight excluding hydrogens is 486 g/mol. The van der Waals surface area contributed by atoms with Crippen molar-refractivity contribution in [3.05, 3.63) is 66.1 Å². The van der Waals surface area contributed by atoms with E-state index in [2.05, 4.69) is 15.6 Å². The van der Waals surface area contributed by atoms with Gasteiger partial charge in [0.2, 0.25) is 5.91 Å². The van der Waals surface area contributed by atoms with Crippen LogP contribution in [0.5, 0.6) is 11.5 Å². The predicted molar refractivity (Wildman–Crippen MR) is 141 cm³/mol. The Hall–Kier alpha value is -4.34. The Kier molecular flexibility index (Phi) is 7.30. The molecule has 1 N–H and O–H groups in total. The van der Waals surface area contributed by atoms with Crippen molar-refractivity contribution in [3.8, 4) is 11.5 Å². The summed E-state index contributed by atoms with van der Waals surface area (Å²) in [4.78, 5) is 29.4. The van der Waals surface area contributed by atoms with Crippen LogP contribution in [0.15, 0.2) is 59.0 Å². The zero-order valence-electron chi connectivity index (χ0n) is 21.7. The average molecular weight is 518 g/mol. The van der Waals surface area contributed by atoms with Crippen molar-refractivity contribution in [2.24, 2.45) is 0 Å². The number of fused-ring (bicyclic) bond motifs is 1. The van der Waals surface area contributed by atoms with Crippen LogP contribution in [0.1, 0.15) is 43.2 Å². The Bertz CT molecular complexity index is 1440. The van der Waals surface area contributed by atoms with Gasteiger partial charge < -0.3 is 19.2 Å². The summed E-state index contributed by atoms with van der Waals surface area (Å²) in [5.41, 5.74) is 1.85. The fourth-order valence-corrected chi connectivity index (χ4v) is 4.97. The number of benzene rings is 2. The highest BCUT2D eigenvalue weighted by atomic mass is 16.5. The van der Waals surface area contributed by atoms with Crippen LogP contribution in [0.3, 0.4) is 0 Å². The number of para-hydroxylation sites is 1. The fourth-order valence-electron chi connectivity index (χ4n) is 4.97. The van der Waals surface area contributed by atoms with Crippen LogP contribution in [-0.4, -0.2) is 47.1 Å². The number of carbonyl (C=O) groups excluding carboxylic acids is 2. The number of furan rings is 1. The van der Waals surface area contributed by atoms with Gasteiger partial charge in [-0.25, -0.2) is 4.68 Å². The van der Waals surface area contributed by atoms with Crippen molar-refractivity contribution >= 4 is 28.5 Å². The molecule has 0 bridgehead atoms. The van der Waals surface area contributed by atoms with Crippen LogP contribution >= 0.6 is 0 Å². The van der Waals surface area contributed by atoms with Gasteiger partial charge >= 0.3 is 0 Å². The van der Waals surface area contributed by atoms with E-state index >= 15 is 0 Å². The van der Waals surface area contributed by atoms with Gasteiger partial charge in [0.15, 0.2) is 17.5 Å². The van der Waals surface area contributed by atoms with E-state index in [0.717, 1.165) is 25.7 Å². The first-order valence-corrected chi connectivity index (χ1v) is 12.7. The molecule has 10 heteroatoms. The maximum Gasteiger partial charge on any atom is 0.251 e. The molecule has 1 saturated carbocycles. The molecule has 0 spiro atoms. The number of carbonyl (C=O) groups is 2. The molecule has 1 atom stereocenters. The Balaban J connectivity index is 1.59. The van der Waals surface area contributed by atoms with E-state index in [1.807, 2.05) is 24.3 Å². The van der Waals surface area contributed by atoms with Gasteiger partial charge in [-0.05, 0) is 56.2 Å². The van der Waals surface area contributed by atoms with E-state index in [0.29, 0.717) is 39.7 Å². The highest BCUT2D eigenvalue weighted by molar-refractivity contribution is 6.01. The molecule has 1 aliphatic carbocycles. The van der Waals surface area contributed by atoms with Crippen LogP contribution < -0.4 is 19.7 Å². The molecule has 0 radical (unpaired) electrons. The van der Waals surface area contributed by atoms with Crippen molar-refractivity contribution in [1.82, 2.24) is 20.3 Å². The Labute approximate surface area is 220 Å². The highest BCUT2D eigenvalue weighted by Gasteiger charge is 2.37. The molecule has 5 rings (SSSR count). The summed E-state index contributed by atoms with van der Waals surface area (Å²) < 4.78 is 18.4. The predicted octanol–water partition coefficient (Wildman–Crippen LogP) is 4.18. The first-order valence-electron chi connectivity index (χ1n) is 12.7. The van der Waals surface area contributed by atoms with Crippen molar-refractivity contribution < 1.29 is 23.5 Å². The lowest BCUT2D eigenvalue weighted by Crippen LogP contribution is -2.47. The first kappa shape index (κ1) is 25.3. The second kappa shape index (κ2) is 11.0. The largest absolute Gasteiger partial charge is 0.493 e. The Morgan fingerprint density at radius 3 is 2.55 bits per heavy atom. The molecule has 38 heavy (non-hydrogen) atoms. The smallest absolute Gasteiger partial charge is 0.251 e. The second-order valence-corrected chi connectivity index (χ2v) is 9.38. The van der Waals surface area contributed by atoms with Gasteiger partial charge in [0.25, 0.3) is 5.91 Å². The zero-order chi connectivity index (χ0) is 26.6. The van der Waals surface area contributed by atoms with E-state index in [4.69, 9.17) is 13.9 Å². The molecule has 0 saturated heterocycles. The number of rotatable bonds is 9. The standard InChI is InChI=1S/C28H31N5O5/c1-18-12-14-24(38-18)27(28(35)29-19-8-4-5-9-19)33(20-13-15-23(36-2)25(16-20)37-3)26(34)17-32-22-11-7-6-10-21(22)30-31-32/h6-7,10-16,19,27H,4-5,8-9,17H2,1-3H3,(H,29,35). The van der Waals surface area contributed by atoms with Gasteiger partial charge in [0, 0.05) is 17.8 Å². The van der Waals surface area contributed by atoms with Crippen LogP contribution in [0.25, 0.3) is 11.0 Å². The third kappa shape index (κ3) is 5.06. The maximum atomic E-state index is 14.1. The second-order valence-electron chi connectivity index (χ2n) is 9.38. The quantitative estimate of drug-likeness (QED) is 0.354. The third-order valence-electron chi connectivity index (χ3n) is 6.86. The van der Waals surface area contributed by atoms with E-state index in [9.17, 15) is 9.59 Å². The molecule has 2 aromatic carbocycles. The van der Waals surface area contributed by atoms with Crippen molar-refractivity contribution in [2.75, 3.05) is 19.1 Å². The number of amides is 2. The number of anilines is 1. The summed E-state index contributed by atoms with van der Waals surface area (Å²) >= 11 is 0. The van der Waals surface area contributed by atoms with Crippen molar-refractivity contribution in [3.63, 3.8) is 0 Å². The van der Waals surface area contributed by atoms with Crippen molar-refractivity contribution in [2.45, 2.75) is 51.2 Å². The van der Waals surface area contributed by atoms with Crippen LogP contribution in [-0.2, 0) is 16.1 Å². The molecule has 10 nitrogen and oxygen atoms in total. The maximum absolute atomic E-state index is 14.1. The number of hydrogen-bond acceptors (Lipinski definition) is 7. The lowest BCUT2D eigenvalue weighted by atomic mass is 10.1. The first-order chi connectivity index (χ1) is 18.5. The molecule has 1 aliphatic rings. The van der Waals surface area contributed by atoms with Gasteiger partial charge in [-0.15, -0.1) is 5.10 Å². The lowest BCUT2D eigenvalue weighted by molar-refractivity contribution is -0.127. The minimum Gasteiger partial charge on any atom is -0.493 e. The van der Waals surface area contributed by atoms with Crippen LogP contribution in [0, 0.1) is 6.92 Å². The molecule has 2 amide bonds. The monoisotopic (exact) mass is 517 g/mol. The van der Waals surface area contributed by atoms with Crippen molar-refractivity contribution in [1.29, 1.82) is 0 Å². The topological polar surface area (TPSA) is 112 Å². The van der Waals surface area contributed by atoms with Gasteiger partial charge in [-0.3, -0.25) is 14.5 Å². The van der Waals surface area contributed by atoms with E-state index in [-0.39, 0.29) is 24.4 Å². The number of hydrogen-bond donors (Lipinski definition) is 1. The lowest BCUT2D eigenvalue weighted by Gasteiger charge is -2.31. The van der Waals surface area contributed by atoms with Gasteiger partial charge in [0.05, 0.1) is 19.7 Å². The van der Waals surface area contributed by atoms with Crippen LogP contribution in [0.4, 0.5) is 5.69 Å². The number of aryl methyl sites for hydroxylation is 1. The van der Waals surface area contributed by atoms with E-state index < -0.39 is 6.04 Å². The normalized spacial score (nSPS) is 14.4. The Morgan fingerprint density at radius 2 is 1.84 bits per heavy atom. The molecule has 1 fully saturated rings. The molecule has 2 aromatic heterocycles.